The molecule has 0 aliphatic rings. The van der Waals surface area contributed by atoms with E-state index in [9.17, 15) is 22.8 Å². The van der Waals surface area contributed by atoms with Gasteiger partial charge in [-0.1, -0.05) is 0 Å². The van der Waals surface area contributed by atoms with Crippen molar-refractivity contribution in [3.63, 3.8) is 0 Å². The van der Waals surface area contributed by atoms with Crippen LogP contribution in [0.15, 0.2) is 34.0 Å². The Bertz CT molecular complexity index is 809. The van der Waals surface area contributed by atoms with Crippen LogP contribution in [0.4, 0.5) is 13.2 Å². The second-order valence-electron chi connectivity index (χ2n) is 4.76. The molecule has 2 heterocycles. The van der Waals surface area contributed by atoms with Crippen molar-refractivity contribution in [1.29, 1.82) is 0 Å². The lowest BCUT2D eigenvalue weighted by molar-refractivity contribution is -0.138. The van der Waals surface area contributed by atoms with Crippen LogP contribution in [0.1, 0.15) is 22.4 Å². The maximum absolute atomic E-state index is 12.7. The smallest absolute Gasteiger partial charge is 0.324 e. The van der Waals surface area contributed by atoms with Gasteiger partial charge in [-0.05, 0) is 30.2 Å². The van der Waals surface area contributed by atoms with Crippen LogP contribution in [0, 0.1) is 6.92 Å². The van der Waals surface area contributed by atoms with Crippen molar-refractivity contribution >= 4 is 11.6 Å². The van der Waals surface area contributed by atoms with Crippen molar-refractivity contribution in [1.82, 2.24) is 9.55 Å². The Morgan fingerprint density at radius 1 is 1.32 bits per heavy atom. The van der Waals surface area contributed by atoms with E-state index in [1.807, 2.05) is 0 Å². The van der Waals surface area contributed by atoms with E-state index in [0.29, 0.717) is 16.8 Å². The fraction of sp³-hybridized carbons (Fsp3) is 0.286. The normalized spacial score (nSPS) is 11.7. The summed E-state index contributed by atoms with van der Waals surface area (Å²) in [7, 11) is 0. The number of halogens is 4. The zero-order chi connectivity index (χ0) is 16.5. The zero-order valence-electron chi connectivity index (χ0n) is 11.5. The van der Waals surface area contributed by atoms with Gasteiger partial charge in [-0.2, -0.15) is 13.2 Å². The molecule has 1 N–H and O–H groups in total. The fourth-order valence-corrected chi connectivity index (χ4v) is 2.52. The average Bonchev–Trinajstić information content (AvgIpc) is 2.39. The molecule has 0 saturated carbocycles. The summed E-state index contributed by atoms with van der Waals surface area (Å²) in [4.78, 5) is 25.9. The van der Waals surface area contributed by atoms with E-state index in [-0.39, 0.29) is 12.4 Å². The SMILES string of the molecule is Cc1cc(=O)[nH]c(Cn2cccc(C(F)(F)F)c2=O)c1CCl. The molecule has 8 heteroatoms. The van der Waals surface area contributed by atoms with Gasteiger partial charge < -0.3 is 9.55 Å². The van der Waals surface area contributed by atoms with Crippen LogP contribution in [-0.2, 0) is 18.6 Å². The third-order valence-corrected chi connectivity index (χ3v) is 3.52. The minimum absolute atomic E-state index is 0.0751. The molecule has 0 radical (unpaired) electrons. The third-order valence-electron chi connectivity index (χ3n) is 3.25. The lowest BCUT2D eigenvalue weighted by atomic mass is 10.1. The molecule has 2 aromatic heterocycles. The van der Waals surface area contributed by atoms with E-state index in [2.05, 4.69) is 4.98 Å². The molecule has 0 spiro atoms. The molecule has 0 aliphatic carbocycles. The van der Waals surface area contributed by atoms with Crippen LogP contribution in [0.2, 0.25) is 0 Å². The molecule has 4 nitrogen and oxygen atoms in total. The molecule has 0 amide bonds. The monoisotopic (exact) mass is 332 g/mol. The van der Waals surface area contributed by atoms with Gasteiger partial charge >= 0.3 is 6.18 Å². The first-order valence-corrected chi connectivity index (χ1v) is 6.81. The quantitative estimate of drug-likeness (QED) is 0.879. The van der Waals surface area contributed by atoms with Crippen LogP contribution in [0.25, 0.3) is 0 Å². The predicted molar refractivity (Wildman–Crippen MR) is 76.2 cm³/mol. The lowest BCUT2D eigenvalue weighted by Crippen LogP contribution is -2.29. The highest BCUT2D eigenvalue weighted by molar-refractivity contribution is 6.17. The molecule has 0 aliphatic heterocycles. The summed E-state index contributed by atoms with van der Waals surface area (Å²) in [6, 6.07) is 3.20. The number of nitrogens with zero attached hydrogens (tertiary/aromatic N) is 1. The Hall–Kier alpha value is -2.02. The van der Waals surface area contributed by atoms with Crippen LogP contribution in [0.3, 0.4) is 0 Å². The second kappa shape index (κ2) is 6.00. The average molecular weight is 333 g/mol. The number of aromatic amines is 1. The summed E-state index contributed by atoms with van der Waals surface area (Å²) in [6.07, 6.45) is -3.49. The van der Waals surface area contributed by atoms with Gasteiger partial charge in [0.1, 0.15) is 5.56 Å². The number of hydrogen-bond acceptors (Lipinski definition) is 2. The summed E-state index contributed by atoms with van der Waals surface area (Å²) < 4.78 is 39.1. The maximum atomic E-state index is 12.7. The van der Waals surface area contributed by atoms with E-state index < -0.39 is 22.9 Å². The van der Waals surface area contributed by atoms with Crippen molar-refractivity contribution < 1.29 is 13.2 Å². The standard InChI is InChI=1S/C14H12ClF3N2O2/c1-8-5-12(21)19-11(9(8)6-15)7-20-4-2-3-10(13(20)22)14(16,17)18/h2-5H,6-7H2,1H3,(H,19,21). The number of nitrogens with one attached hydrogen (secondary N) is 1. The summed E-state index contributed by atoms with van der Waals surface area (Å²) in [5, 5.41) is 0. The van der Waals surface area contributed by atoms with Gasteiger partial charge in [-0.3, -0.25) is 9.59 Å². The van der Waals surface area contributed by atoms with Crippen LogP contribution in [0.5, 0.6) is 0 Å². The number of aromatic nitrogens is 2. The molecule has 118 valence electrons. The highest BCUT2D eigenvalue weighted by Gasteiger charge is 2.34. The number of H-pyrrole nitrogens is 1. The molecular formula is C14H12ClF3N2O2. The van der Waals surface area contributed by atoms with Crippen LogP contribution in [-0.4, -0.2) is 9.55 Å². The number of aryl methyl sites for hydroxylation is 1. The van der Waals surface area contributed by atoms with Gasteiger partial charge in [-0.15, -0.1) is 11.6 Å². The first kappa shape index (κ1) is 16.4. The first-order chi connectivity index (χ1) is 10.2. The molecule has 0 saturated heterocycles. The Morgan fingerprint density at radius 3 is 2.59 bits per heavy atom. The van der Waals surface area contributed by atoms with Gasteiger partial charge in [0.2, 0.25) is 5.56 Å². The molecule has 0 bridgehead atoms. The number of pyridine rings is 2. The Labute approximate surface area is 128 Å². The van der Waals surface area contributed by atoms with Crippen molar-refractivity contribution in [2.75, 3.05) is 0 Å². The minimum Gasteiger partial charge on any atom is -0.324 e. The van der Waals surface area contributed by atoms with Crippen molar-refractivity contribution in [2.24, 2.45) is 0 Å². The summed E-state index contributed by atoms with van der Waals surface area (Å²) >= 11 is 5.81. The van der Waals surface area contributed by atoms with E-state index in [4.69, 9.17) is 11.6 Å². The van der Waals surface area contributed by atoms with Gasteiger partial charge in [0.25, 0.3) is 5.56 Å². The largest absolute Gasteiger partial charge is 0.421 e. The Kier molecular flexibility index (Phi) is 4.46. The number of hydrogen-bond donors (Lipinski definition) is 1. The Balaban J connectivity index is 2.54. The van der Waals surface area contributed by atoms with Gasteiger partial charge in [0, 0.05) is 23.8 Å². The molecule has 22 heavy (non-hydrogen) atoms. The summed E-state index contributed by atoms with van der Waals surface area (Å²) in [5.41, 5.74) is -1.29. The minimum atomic E-state index is -4.73. The molecule has 2 rings (SSSR count). The molecule has 0 aromatic carbocycles. The van der Waals surface area contributed by atoms with Crippen molar-refractivity contribution in [3.8, 4) is 0 Å². The van der Waals surface area contributed by atoms with E-state index in [1.54, 1.807) is 6.92 Å². The number of rotatable bonds is 3. The third kappa shape index (κ3) is 3.24. The summed E-state index contributed by atoms with van der Waals surface area (Å²) in [5.74, 6) is 0.0751. The van der Waals surface area contributed by atoms with Crippen molar-refractivity contribution in [2.45, 2.75) is 25.5 Å². The fourth-order valence-electron chi connectivity index (χ4n) is 2.15. The van der Waals surface area contributed by atoms with Crippen LogP contribution >= 0.6 is 11.6 Å². The predicted octanol–water partition coefficient (Wildman–Crippen LogP) is 2.65. The molecule has 0 atom stereocenters. The zero-order valence-corrected chi connectivity index (χ0v) is 12.3. The maximum Gasteiger partial charge on any atom is 0.421 e. The molecular weight excluding hydrogens is 321 g/mol. The van der Waals surface area contributed by atoms with E-state index >= 15 is 0 Å². The lowest BCUT2D eigenvalue weighted by Gasteiger charge is -2.13. The molecule has 0 fully saturated rings. The molecule has 0 unspecified atom stereocenters. The van der Waals surface area contributed by atoms with Gasteiger partial charge in [-0.25, -0.2) is 0 Å². The van der Waals surface area contributed by atoms with Crippen molar-refractivity contribution in [3.05, 3.63) is 67.5 Å². The highest BCUT2D eigenvalue weighted by atomic mass is 35.5. The second-order valence-corrected chi connectivity index (χ2v) is 5.03. The summed E-state index contributed by atoms with van der Waals surface area (Å²) in [6.45, 7) is 1.48. The van der Waals surface area contributed by atoms with E-state index in [1.165, 1.54) is 12.3 Å². The first-order valence-electron chi connectivity index (χ1n) is 6.28. The Morgan fingerprint density at radius 2 is 2.00 bits per heavy atom. The number of alkyl halides is 4. The topological polar surface area (TPSA) is 54.9 Å². The van der Waals surface area contributed by atoms with Gasteiger partial charge in [0.05, 0.1) is 6.54 Å². The van der Waals surface area contributed by atoms with Crippen LogP contribution < -0.4 is 11.1 Å². The highest BCUT2D eigenvalue weighted by Crippen LogP contribution is 2.26. The van der Waals surface area contributed by atoms with E-state index in [0.717, 1.165) is 16.7 Å². The van der Waals surface area contributed by atoms with Gasteiger partial charge in [0.15, 0.2) is 0 Å². The molecule has 2 aromatic rings.